The summed E-state index contributed by atoms with van der Waals surface area (Å²) in [6.07, 6.45) is 0.232. The van der Waals surface area contributed by atoms with Crippen molar-refractivity contribution in [3.05, 3.63) is 90.0 Å². The number of para-hydroxylation sites is 1. The molecule has 3 amide bonds. The summed E-state index contributed by atoms with van der Waals surface area (Å²) in [6.45, 7) is 3.06. The number of hydrogen-bond donors (Lipinski definition) is 3. The molecule has 0 aromatic heterocycles. The Morgan fingerprint density at radius 1 is 0.914 bits per heavy atom. The number of ether oxygens (including phenoxy) is 1. The van der Waals surface area contributed by atoms with Crippen molar-refractivity contribution < 1.29 is 14.3 Å². The Labute approximate surface area is 204 Å². The van der Waals surface area contributed by atoms with Gasteiger partial charge in [-0.15, -0.1) is 0 Å². The molecule has 0 aliphatic carbocycles. The van der Waals surface area contributed by atoms with Crippen molar-refractivity contribution in [3.8, 4) is 6.07 Å². The standard InChI is InChI=1S/C27H27N5O3/c28-19-21-6-4-5-20(17-21)18-25(31-27(34)30-22-7-2-1-3-8-22)26(33)29-23-9-11-24(12-10-23)32-13-15-35-16-14-32/h1-12,17,25H,13-16,18H2,(H,29,33)(H2,30,31,34). The molecule has 3 N–H and O–H groups in total. The lowest BCUT2D eigenvalue weighted by molar-refractivity contribution is -0.117. The minimum atomic E-state index is -0.855. The van der Waals surface area contributed by atoms with Crippen molar-refractivity contribution >= 4 is 29.0 Å². The predicted octanol–water partition coefficient (Wildman–Crippen LogP) is 3.77. The maximum absolute atomic E-state index is 13.2. The number of rotatable bonds is 7. The highest BCUT2D eigenvalue weighted by Gasteiger charge is 2.22. The van der Waals surface area contributed by atoms with Gasteiger partial charge in [0.1, 0.15) is 6.04 Å². The lowest BCUT2D eigenvalue weighted by Gasteiger charge is -2.29. The second kappa shape index (κ2) is 11.7. The van der Waals surface area contributed by atoms with Gasteiger partial charge in [0.2, 0.25) is 5.91 Å². The van der Waals surface area contributed by atoms with Crippen molar-refractivity contribution in [2.24, 2.45) is 0 Å². The predicted molar refractivity (Wildman–Crippen MR) is 135 cm³/mol. The molecule has 8 nitrogen and oxygen atoms in total. The Morgan fingerprint density at radius 3 is 2.34 bits per heavy atom. The minimum Gasteiger partial charge on any atom is -0.378 e. The zero-order valence-corrected chi connectivity index (χ0v) is 19.2. The zero-order chi connectivity index (χ0) is 24.5. The first-order valence-electron chi connectivity index (χ1n) is 11.5. The molecule has 0 bridgehead atoms. The monoisotopic (exact) mass is 469 g/mol. The molecule has 35 heavy (non-hydrogen) atoms. The second-order valence-electron chi connectivity index (χ2n) is 8.17. The summed E-state index contributed by atoms with van der Waals surface area (Å²) >= 11 is 0. The maximum Gasteiger partial charge on any atom is 0.319 e. The number of hydrogen-bond acceptors (Lipinski definition) is 5. The van der Waals surface area contributed by atoms with Crippen molar-refractivity contribution in [1.82, 2.24) is 5.32 Å². The van der Waals surface area contributed by atoms with E-state index in [-0.39, 0.29) is 12.3 Å². The number of nitriles is 1. The SMILES string of the molecule is N#Cc1cccc(CC(NC(=O)Nc2ccccc2)C(=O)Nc2ccc(N3CCOCC3)cc2)c1. The van der Waals surface area contributed by atoms with E-state index in [1.54, 1.807) is 30.3 Å². The summed E-state index contributed by atoms with van der Waals surface area (Å²) in [6, 6.07) is 24.4. The minimum absolute atomic E-state index is 0.232. The molecule has 1 saturated heterocycles. The smallest absolute Gasteiger partial charge is 0.319 e. The second-order valence-corrected chi connectivity index (χ2v) is 8.17. The summed E-state index contributed by atoms with van der Waals surface area (Å²) in [5.74, 6) is -0.352. The molecule has 1 unspecified atom stereocenters. The van der Waals surface area contributed by atoms with Crippen LogP contribution in [0, 0.1) is 11.3 Å². The number of anilines is 3. The van der Waals surface area contributed by atoms with Crippen molar-refractivity contribution in [2.75, 3.05) is 41.8 Å². The van der Waals surface area contributed by atoms with Crippen LogP contribution >= 0.6 is 0 Å². The van der Waals surface area contributed by atoms with E-state index in [0.29, 0.717) is 30.2 Å². The first-order chi connectivity index (χ1) is 17.1. The van der Waals surface area contributed by atoms with Crippen LogP contribution in [0.2, 0.25) is 0 Å². The molecule has 8 heteroatoms. The van der Waals surface area contributed by atoms with Gasteiger partial charge in [0, 0.05) is 36.6 Å². The van der Waals surface area contributed by atoms with Gasteiger partial charge in [-0.25, -0.2) is 4.79 Å². The van der Waals surface area contributed by atoms with E-state index >= 15 is 0 Å². The van der Waals surface area contributed by atoms with E-state index in [0.717, 1.165) is 24.3 Å². The van der Waals surface area contributed by atoms with Gasteiger partial charge in [0.15, 0.2) is 0 Å². The van der Waals surface area contributed by atoms with Crippen LogP contribution in [0.4, 0.5) is 21.9 Å². The van der Waals surface area contributed by atoms with Gasteiger partial charge in [-0.2, -0.15) is 5.26 Å². The fourth-order valence-electron chi connectivity index (χ4n) is 3.87. The van der Waals surface area contributed by atoms with Gasteiger partial charge in [-0.3, -0.25) is 4.79 Å². The van der Waals surface area contributed by atoms with E-state index in [9.17, 15) is 14.9 Å². The van der Waals surface area contributed by atoms with E-state index in [4.69, 9.17) is 4.74 Å². The van der Waals surface area contributed by atoms with Gasteiger partial charge >= 0.3 is 6.03 Å². The Hall–Kier alpha value is -4.35. The largest absolute Gasteiger partial charge is 0.378 e. The Kier molecular flexibility index (Phi) is 7.94. The quantitative estimate of drug-likeness (QED) is 0.488. The first kappa shape index (κ1) is 23.8. The fraction of sp³-hybridized carbons (Fsp3) is 0.222. The maximum atomic E-state index is 13.2. The molecule has 1 fully saturated rings. The van der Waals surface area contributed by atoms with Crippen LogP contribution in [0.3, 0.4) is 0 Å². The van der Waals surface area contributed by atoms with Crippen LogP contribution in [0.15, 0.2) is 78.9 Å². The molecule has 1 aliphatic heterocycles. The lowest BCUT2D eigenvalue weighted by Crippen LogP contribution is -2.46. The Bertz CT molecular complexity index is 1190. The van der Waals surface area contributed by atoms with Crippen molar-refractivity contribution in [1.29, 1.82) is 5.26 Å². The molecule has 1 atom stereocenters. The van der Waals surface area contributed by atoms with Crippen molar-refractivity contribution in [2.45, 2.75) is 12.5 Å². The highest BCUT2D eigenvalue weighted by molar-refractivity contribution is 5.99. The molecule has 0 radical (unpaired) electrons. The van der Waals surface area contributed by atoms with Crippen molar-refractivity contribution in [3.63, 3.8) is 0 Å². The summed E-state index contributed by atoms with van der Waals surface area (Å²) in [4.78, 5) is 28.1. The summed E-state index contributed by atoms with van der Waals surface area (Å²) in [5.41, 5.74) is 3.58. The number of nitrogens with one attached hydrogen (secondary N) is 3. The number of carbonyl (C=O) groups excluding carboxylic acids is 2. The van der Waals surface area contributed by atoms with Gasteiger partial charge in [0.25, 0.3) is 0 Å². The summed E-state index contributed by atoms with van der Waals surface area (Å²) in [5, 5.41) is 17.6. The molecule has 0 spiro atoms. The molecule has 3 aromatic carbocycles. The van der Waals surface area contributed by atoms with E-state index in [2.05, 4.69) is 26.9 Å². The molecule has 178 valence electrons. The number of carbonyl (C=O) groups is 2. The molecule has 1 heterocycles. The first-order valence-corrected chi connectivity index (χ1v) is 11.5. The Morgan fingerprint density at radius 2 is 1.63 bits per heavy atom. The van der Waals surface area contributed by atoms with Gasteiger partial charge in [-0.05, 0) is 54.1 Å². The molecule has 4 rings (SSSR count). The summed E-state index contributed by atoms with van der Waals surface area (Å²) in [7, 11) is 0. The van der Waals surface area contributed by atoms with E-state index in [1.165, 1.54) is 0 Å². The third kappa shape index (κ3) is 6.82. The van der Waals surface area contributed by atoms with Crippen LogP contribution in [-0.2, 0) is 16.0 Å². The van der Waals surface area contributed by atoms with Crippen LogP contribution < -0.4 is 20.9 Å². The van der Waals surface area contributed by atoms with Crippen LogP contribution in [0.25, 0.3) is 0 Å². The molecule has 3 aromatic rings. The highest BCUT2D eigenvalue weighted by atomic mass is 16.5. The zero-order valence-electron chi connectivity index (χ0n) is 19.2. The van der Waals surface area contributed by atoms with Gasteiger partial charge < -0.3 is 25.6 Å². The highest BCUT2D eigenvalue weighted by Crippen LogP contribution is 2.19. The number of nitrogens with zero attached hydrogens (tertiary/aromatic N) is 2. The normalized spacial score (nSPS) is 13.9. The number of benzene rings is 3. The fourth-order valence-corrected chi connectivity index (χ4v) is 3.87. The topological polar surface area (TPSA) is 106 Å². The average molecular weight is 470 g/mol. The lowest BCUT2D eigenvalue weighted by atomic mass is 10.0. The van der Waals surface area contributed by atoms with Crippen LogP contribution in [0.5, 0.6) is 0 Å². The van der Waals surface area contributed by atoms with Crippen LogP contribution in [-0.4, -0.2) is 44.3 Å². The van der Waals surface area contributed by atoms with E-state index in [1.807, 2.05) is 48.5 Å². The number of amides is 3. The molecular weight excluding hydrogens is 442 g/mol. The third-order valence-electron chi connectivity index (χ3n) is 5.66. The van der Waals surface area contributed by atoms with Gasteiger partial charge in [-0.1, -0.05) is 30.3 Å². The molecule has 0 saturated carbocycles. The van der Waals surface area contributed by atoms with Gasteiger partial charge in [0.05, 0.1) is 24.8 Å². The van der Waals surface area contributed by atoms with Crippen LogP contribution in [0.1, 0.15) is 11.1 Å². The average Bonchev–Trinajstić information content (AvgIpc) is 2.90. The number of morpholine rings is 1. The Balaban J connectivity index is 1.46. The molecule has 1 aliphatic rings. The summed E-state index contributed by atoms with van der Waals surface area (Å²) < 4.78 is 5.40. The molecular formula is C27H27N5O3. The number of urea groups is 1. The van der Waals surface area contributed by atoms with E-state index < -0.39 is 12.1 Å². The third-order valence-corrected chi connectivity index (χ3v) is 5.66.